The average molecular weight is 435 g/mol. The molecule has 1 aromatic carbocycles. The van der Waals surface area contributed by atoms with Gasteiger partial charge in [0.1, 0.15) is 5.56 Å². The molecular weight excluding hydrogens is 404 g/mol. The number of rotatable bonds is 10. The molecule has 0 aliphatic heterocycles. The van der Waals surface area contributed by atoms with Crippen LogP contribution in [0.1, 0.15) is 43.7 Å². The number of carbonyl (C=O) groups excluding carboxylic acids is 1. The number of aromatic nitrogens is 2. The van der Waals surface area contributed by atoms with E-state index in [4.69, 9.17) is 9.47 Å². The Kier molecular flexibility index (Phi) is 8.02. The minimum absolute atomic E-state index is 0.0230. The summed E-state index contributed by atoms with van der Waals surface area (Å²) in [6, 6.07) is 16.8. The zero-order chi connectivity index (χ0) is 22.9. The van der Waals surface area contributed by atoms with Gasteiger partial charge in [-0.2, -0.15) is 4.98 Å². The van der Waals surface area contributed by atoms with Gasteiger partial charge in [0.15, 0.2) is 0 Å². The standard InChI is InChI=1S/C25H30N4O3/c1-17(2)31-23-13-12-22(25(29-23)32-18(3)4)24(30)28-21-10-8-20(9-11-21)27-16-14-19-7-5-6-15-26-19/h5-13,15,17-18,27H,14,16H2,1-4H3,(H,28,30). The molecule has 0 bridgehead atoms. The van der Waals surface area contributed by atoms with Gasteiger partial charge in [-0.3, -0.25) is 9.78 Å². The number of hydrogen-bond acceptors (Lipinski definition) is 6. The number of ether oxygens (including phenoxy) is 2. The van der Waals surface area contributed by atoms with Gasteiger partial charge in [0.05, 0.1) is 12.2 Å². The van der Waals surface area contributed by atoms with Crippen molar-refractivity contribution in [3.63, 3.8) is 0 Å². The van der Waals surface area contributed by atoms with Gasteiger partial charge in [0.25, 0.3) is 5.91 Å². The first kappa shape index (κ1) is 23.1. The highest BCUT2D eigenvalue weighted by atomic mass is 16.5. The largest absolute Gasteiger partial charge is 0.475 e. The van der Waals surface area contributed by atoms with Crippen molar-refractivity contribution < 1.29 is 14.3 Å². The molecule has 2 aromatic heterocycles. The van der Waals surface area contributed by atoms with Crippen LogP contribution in [-0.2, 0) is 6.42 Å². The van der Waals surface area contributed by atoms with Crippen LogP contribution in [0.25, 0.3) is 0 Å². The monoisotopic (exact) mass is 434 g/mol. The smallest absolute Gasteiger partial charge is 0.261 e. The highest BCUT2D eigenvalue weighted by molar-refractivity contribution is 6.05. The first-order valence-corrected chi connectivity index (χ1v) is 10.8. The van der Waals surface area contributed by atoms with Crippen LogP contribution in [0, 0.1) is 0 Å². The molecule has 0 spiro atoms. The molecule has 0 saturated carbocycles. The minimum atomic E-state index is -0.292. The van der Waals surface area contributed by atoms with Gasteiger partial charge in [-0.05, 0) is 70.2 Å². The Morgan fingerprint density at radius 3 is 2.28 bits per heavy atom. The number of hydrogen-bond donors (Lipinski definition) is 2. The lowest BCUT2D eigenvalue weighted by molar-refractivity contribution is 0.101. The van der Waals surface area contributed by atoms with Crippen molar-refractivity contribution in [1.82, 2.24) is 9.97 Å². The van der Waals surface area contributed by atoms with Crippen molar-refractivity contribution in [2.75, 3.05) is 17.2 Å². The van der Waals surface area contributed by atoms with Crippen molar-refractivity contribution in [3.05, 3.63) is 72.1 Å². The maximum Gasteiger partial charge on any atom is 0.261 e. The number of pyridine rings is 2. The third-order valence-electron chi connectivity index (χ3n) is 4.36. The summed E-state index contributed by atoms with van der Waals surface area (Å²) in [7, 11) is 0. The maximum atomic E-state index is 12.9. The van der Waals surface area contributed by atoms with E-state index in [2.05, 4.69) is 20.6 Å². The predicted octanol–water partition coefficient (Wildman–Crippen LogP) is 4.96. The second kappa shape index (κ2) is 11.1. The Morgan fingerprint density at radius 1 is 0.906 bits per heavy atom. The molecule has 1 amide bonds. The number of benzene rings is 1. The molecular formula is C25H30N4O3. The first-order chi connectivity index (χ1) is 15.4. The molecule has 32 heavy (non-hydrogen) atoms. The summed E-state index contributed by atoms with van der Waals surface area (Å²) >= 11 is 0. The number of carbonyl (C=O) groups is 1. The van der Waals surface area contributed by atoms with E-state index in [0.717, 1.165) is 24.3 Å². The molecule has 7 nitrogen and oxygen atoms in total. The van der Waals surface area contributed by atoms with Crippen LogP contribution >= 0.6 is 0 Å². The summed E-state index contributed by atoms with van der Waals surface area (Å²) in [5, 5.41) is 6.26. The van der Waals surface area contributed by atoms with E-state index in [-0.39, 0.29) is 24.0 Å². The van der Waals surface area contributed by atoms with E-state index >= 15 is 0 Å². The number of amides is 1. The highest BCUT2D eigenvalue weighted by Crippen LogP contribution is 2.24. The lowest BCUT2D eigenvalue weighted by atomic mass is 10.2. The Bertz CT molecular complexity index is 1010. The lowest BCUT2D eigenvalue weighted by Crippen LogP contribution is -2.17. The van der Waals surface area contributed by atoms with Crippen molar-refractivity contribution in [3.8, 4) is 11.8 Å². The van der Waals surface area contributed by atoms with Crippen LogP contribution < -0.4 is 20.1 Å². The van der Waals surface area contributed by atoms with Crippen LogP contribution in [0.3, 0.4) is 0 Å². The molecule has 7 heteroatoms. The zero-order valence-electron chi connectivity index (χ0n) is 19.0. The summed E-state index contributed by atoms with van der Waals surface area (Å²) in [4.78, 5) is 21.6. The Labute approximate surface area is 189 Å². The summed E-state index contributed by atoms with van der Waals surface area (Å²) in [5.41, 5.74) is 3.05. The molecule has 168 valence electrons. The normalized spacial score (nSPS) is 10.8. The van der Waals surface area contributed by atoms with Crippen molar-refractivity contribution in [1.29, 1.82) is 0 Å². The van der Waals surface area contributed by atoms with Crippen LogP contribution in [0.4, 0.5) is 11.4 Å². The maximum absolute atomic E-state index is 12.9. The zero-order valence-corrected chi connectivity index (χ0v) is 19.0. The molecule has 3 aromatic rings. The van der Waals surface area contributed by atoms with Crippen molar-refractivity contribution >= 4 is 17.3 Å². The van der Waals surface area contributed by atoms with E-state index in [1.165, 1.54) is 0 Å². The van der Waals surface area contributed by atoms with Gasteiger partial charge in [0.2, 0.25) is 11.8 Å². The van der Waals surface area contributed by atoms with Crippen LogP contribution in [-0.4, -0.2) is 34.6 Å². The second-order valence-electron chi connectivity index (χ2n) is 7.86. The average Bonchev–Trinajstić information content (AvgIpc) is 2.75. The van der Waals surface area contributed by atoms with Crippen LogP contribution in [0.5, 0.6) is 11.8 Å². The Balaban J connectivity index is 1.62. The van der Waals surface area contributed by atoms with Crippen LogP contribution in [0.2, 0.25) is 0 Å². The molecule has 0 aliphatic rings. The van der Waals surface area contributed by atoms with Gasteiger partial charge in [-0.15, -0.1) is 0 Å². The van der Waals surface area contributed by atoms with Crippen LogP contribution in [0.15, 0.2) is 60.8 Å². The minimum Gasteiger partial charge on any atom is -0.475 e. The molecule has 0 atom stereocenters. The number of anilines is 2. The van der Waals surface area contributed by atoms with E-state index in [1.807, 2.05) is 70.2 Å². The molecule has 2 N–H and O–H groups in total. The predicted molar refractivity (Wildman–Crippen MR) is 127 cm³/mol. The Morgan fingerprint density at radius 2 is 1.62 bits per heavy atom. The first-order valence-electron chi connectivity index (χ1n) is 10.8. The summed E-state index contributed by atoms with van der Waals surface area (Å²) in [6.45, 7) is 8.39. The molecule has 0 saturated heterocycles. The summed E-state index contributed by atoms with van der Waals surface area (Å²) in [5.74, 6) is 0.386. The molecule has 2 heterocycles. The Hall–Kier alpha value is -3.61. The quantitative estimate of drug-likeness (QED) is 0.469. The summed E-state index contributed by atoms with van der Waals surface area (Å²) in [6.07, 6.45) is 2.48. The summed E-state index contributed by atoms with van der Waals surface area (Å²) < 4.78 is 11.4. The van der Waals surface area contributed by atoms with Crippen molar-refractivity contribution in [2.45, 2.75) is 46.3 Å². The molecule has 3 rings (SSSR count). The van der Waals surface area contributed by atoms with E-state index in [9.17, 15) is 4.79 Å². The topological polar surface area (TPSA) is 85.4 Å². The fraction of sp³-hybridized carbons (Fsp3) is 0.320. The molecule has 0 aliphatic carbocycles. The van der Waals surface area contributed by atoms with E-state index in [0.29, 0.717) is 17.1 Å². The van der Waals surface area contributed by atoms with Gasteiger partial charge in [-0.25, -0.2) is 0 Å². The number of nitrogens with zero attached hydrogens (tertiary/aromatic N) is 2. The molecule has 0 fully saturated rings. The van der Waals surface area contributed by atoms with E-state index in [1.54, 1.807) is 18.3 Å². The highest BCUT2D eigenvalue weighted by Gasteiger charge is 2.17. The number of nitrogens with one attached hydrogen (secondary N) is 2. The van der Waals surface area contributed by atoms with Gasteiger partial charge in [-0.1, -0.05) is 6.07 Å². The second-order valence-corrected chi connectivity index (χ2v) is 7.86. The fourth-order valence-electron chi connectivity index (χ4n) is 2.97. The van der Waals surface area contributed by atoms with Gasteiger partial charge >= 0.3 is 0 Å². The third-order valence-corrected chi connectivity index (χ3v) is 4.36. The SMILES string of the molecule is CC(C)Oc1ccc(C(=O)Nc2ccc(NCCc3ccccn3)cc2)c(OC(C)C)n1. The fourth-order valence-corrected chi connectivity index (χ4v) is 2.97. The van der Waals surface area contributed by atoms with E-state index < -0.39 is 0 Å². The lowest BCUT2D eigenvalue weighted by Gasteiger charge is -2.16. The third kappa shape index (κ3) is 6.97. The van der Waals surface area contributed by atoms with Gasteiger partial charge < -0.3 is 20.1 Å². The van der Waals surface area contributed by atoms with Crippen molar-refractivity contribution in [2.24, 2.45) is 0 Å². The van der Waals surface area contributed by atoms with Gasteiger partial charge in [0, 0.05) is 42.3 Å². The molecule has 0 radical (unpaired) electrons. The molecule has 0 unspecified atom stereocenters.